The highest BCUT2D eigenvalue weighted by molar-refractivity contribution is 6.22. The normalized spacial score (nSPS) is 14.8. The summed E-state index contributed by atoms with van der Waals surface area (Å²) in [5.74, 6) is -0.0645. The predicted octanol–water partition coefficient (Wildman–Crippen LogP) is 1.89. The molecule has 4 heteroatoms. The second-order valence-corrected chi connectivity index (χ2v) is 2.65. The maximum atomic E-state index is 8.37. The molecule has 54 valence electrons. The first-order chi connectivity index (χ1) is 4.74. The van der Waals surface area contributed by atoms with Gasteiger partial charge in [0.1, 0.15) is 5.38 Å². The SMILES string of the molecule is N#CC(Cl)CC(C#N)CCl. The largest absolute Gasteiger partial charge is 0.198 e. The summed E-state index contributed by atoms with van der Waals surface area (Å²) in [6, 6.07) is 3.77. The summed E-state index contributed by atoms with van der Waals surface area (Å²) >= 11 is 10.8. The van der Waals surface area contributed by atoms with Crippen LogP contribution in [0.5, 0.6) is 0 Å². The Balaban J connectivity index is 3.68. The van der Waals surface area contributed by atoms with E-state index < -0.39 is 5.38 Å². The van der Waals surface area contributed by atoms with E-state index in [9.17, 15) is 0 Å². The zero-order chi connectivity index (χ0) is 7.98. The van der Waals surface area contributed by atoms with Crippen molar-refractivity contribution in [3.63, 3.8) is 0 Å². The van der Waals surface area contributed by atoms with Gasteiger partial charge in [-0.15, -0.1) is 23.2 Å². The Kier molecular flexibility index (Phi) is 5.12. The van der Waals surface area contributed by atoms with Gasteiger partial charge in [0.05, 0.1) is 18.1 Å². The lowest BCUT2D eigenvalue weighted by atomic mass is 10.1. The van der Waals surface area contributed by atoms with Crippen LogP contribution in [0.25, 0.3) is 0 Å². The van der Waals surface area contributed by atoms with Gasteiger partial charge in [-0.1, -0.05) is 0 Å². The molecule has 0 spiro atoms. The summed E-state index contributed by atoms with van der Waals surface area (Å²) in [5.41, 5.74) is 0. The van der Waals surface area contributed by atoms with Crippen LogP contribution in [0.3, 0.4) is 0 Å². The van der Waals surface area contributed by atoms with Gasteiger partial charge in [-0.05, 0) is 6.42 Å². The molecule has 0 saturated heterocycles. The topological polar surface area (TPSA) is 47.6 Å². The molecule has 0 radical (unpaired) electrons. The average molecular weight is 177 g/mol. The first-order valence-corrected chi connectivity index (χ1v) is 3.71. The Labute approximate surface area is 70.0 Å². The predicted molar refractivity (Wildman–Crippen MR) is 39.7 cm³/mol. The van der Waals surface area contributed by atoms with Crippen molar-refractivity contribution < 1.29 is 0 Å². The third-order valence-corrected chi connectivity index (χ3v) is 1.65. The van der Waals surface area contributed by atoms with E-state index in [-0.39, 0.29) is 11.8 Å². The Morgan fingerprint density at radius 1 is 1.30 bits per heavy atom. The summed E-state index contributed by atoms with van der Waals surface area (Å²) in [7, 11) is 0. The number of halogens is 2. The molecule has 0 heterocycles. The van der Waals surface area contributed by atoms with Gasteiger partial charge in [-0.25, -0.2) is 0 Å². The first-order valence-electron chi connectivity index (χ1n) is 2.73. The molecule has 0 bridgehead atoms. The lowest BCUT2D eigenvalue weighted by Gasteiger charge is -2.02. The summed E-state index contributed by atoms with van der Waals surface area (Å²) in [6.07, 6.45) is 0.345. The number of hydrogen-bond acceptors (Lipinski definition) is 2. The quantitative estimate of drug-likeness (QED) is 0.618. The van der Waals surface area contributed by atoms with E-state index in [1.165, 1.54) is 0 Å². The lowest BCUT2D eigenvalue weighted by molar-refractivity contribution is 0.686. The van der Waals surface area contributed by atoms with E-state index in [2.05, 4.69) is 0 Å². The molecule has 0 rings (SSSR count). The van der Waals surface area contributed by atoms with Gasteiger partial charge in [0, 0.05) is 5.88 Å². The minimum atomic E-state index is -0.594. The van der Waals surface area contributed by atoms with E-state index in [4.69, 9.17) is 33.7 Å². The minimum Gasteiger partial charge on any atom is -0.198 e. The number of alkyl halides is 2. The molecule has 10 heavy (non-hydrogen) atoms. The Morgan fingerprint density at radius 2 is 1.90 bits per heavy atom. The number of hydrogen-bond donors (Lipinski definition) is 0. The molecule has 2 nitrogen and oxygen atoms in total. The van der Waals surface area contributed by atoms with E-state index in [0.717, 1.165) is 0 Å². The van der Waals surface area contributed by atoms with E-state index in [1.54, 1.807) is 0 Å². The molecule has 0 saturated carbocycles. The van der Waals surface area contributed by atoms with Crippen LogP contribution in [0, 0.1) is 28.6 Å². The second-order valence-electron chi connectivity index (χ2n) is 1.81. The fraction of sp³-hybridized carbons (Fsp3) is 0.667. The van der Waals surface area contributed by atoms with Crippen molar-refractivity contribution in [3.05, 3.63) is 0 Å². The van der Waals surface area contributed by atoms with Crippen molar-refractivity contribution in [2.75, 3.05) is 5.88 Å². The fourth-order valence-corrected chi connectivity index (χ4v) is 0.863. The smallest absolute Gasteiger partial charge is 0.121 e. The van der Waals surface area contributed by atoms with Crippen molar-refractivity contribution >= 4 is 23.2 Å². The fourth-order valence-electron chi connectivity index (χ4n) is 0.453. The minimum absolute atomic E-state index is 0.238. The van der Waals surface area contributed by atoms with Gasteiger partial charge in [-0.3, -0.25) is 0 Å². The van der Waals surface area contributed by atoms with Crippen LogP contribution < -0.4 is 0 Å². The van der Waals surface area contributed by atoms with Crippen LogP contribution >= 0.6 is 23.2 Å². The molecular weight excluding hydrogens is 171 g/mol. The molecule has 0 aromatic heterocycles. The highest BCUT2D eigenvalue weighted by Crippen LogP contribution is 2.11. The zero-order valence-electron chi connectivity index (χ0n) is 5.22. The van der Waals surface area contributed by atoms with Crippen LogP contribution in [0.15, 0.2) is 0 Å². The van der Waals surface area contributed by atoms with Gasteiger partial charge in [0.15, 0.2) is 0 Å². The Morgan fingerprint density at radius 3 is 2.20 bits per heavy atom. The number of nitriles is 2. The molecule has 0 N–H and O–H groups in total. The van der Waals surface area contributed by atoms with Crippen molar-refractivity contribution in [2.24, 2.45) is 5.92 Å². The second kappa shape index (κ2) is 5.35. The molecule has 0 fully saturated rings. The van der Waals surface area contributed by atoms with Crippen LogP contribution in [-0.4, -0.2) is 11.3 Å². The van der Waals surface area contributed by atoms with E-state index in [0.29, 0.717) is 6.42 Å². The summed E-state index contributed by atoms with van der Waals surface area (Å²) < 4.78 is 0. The maximum Gasteiger partial charge on any atom is 0.121 e. The Bertz CT molecular complexity index is 168. The third kappa shape index (κ3) is 3.56. The van der Waals surface area contributed by atoms with Crippen molar-refractivity contribution in [2.45, 2.75) is 11.8 Å². The summed E-state index contributed by atoms with van der Waals surface area (Å²) in [5, 5.41) is 16.0. The molecule has 0 aromatic rings. The maximum absolute atomic E-state index is 8.37. The molecule has 2 unspecified atom stereocenters. The molecule has 0 aliphatic carbocycles. The van der Waals surface area contributed by atoms with Gasteiger partial charge < -0.3 is 0 Å². The van der Waals surface area contributed by atoms with E-state index >= 15 is 0 Å². The van der Waals surface area contributed by atoms with Crippen LogP contribution in [0.4, 0.5) is 0 Å². The van der Waals surface area contributed by atoms with Crippen LogP contribution in [0.1, 0.15) is 6.42 Å². The van der Waals surface area contributed by atoms with Crippen molar-refractivity contribution in [1.29, 1.82) is 10.5 Å². The third-order valence-electron chi connectivity index (χ3n) is 1.00. The zero-order valence-corrected chi connectivity index (χ0v) is 6.73. The monoisotopic (exact) mass is 176 g/mol. The highest BCUT2D eigenvalue weighted by Gasteiger charge is 2.11. The molecule has 2 atom stereocenters. The van der Waals surface area contributed by atoms with Crippen LogP contribution in [0.2, 0.25) is 0 Å². The Hall–Kier alpha value is -0.440. The van der Waals surface area contributed by atoms with E-state index in [1.807, 2.05) is 12.1 Å². The standard InChI is InChI=1S/C6H6Cl2N2/c7-2-5(3-9)1-6(8)4-10/h5-6H,1-2H2. The molecule has 0 aromatic carbocycles. The number of nitrogens with zero attached hydrogens (tertiary/aromatic N) is 2. The van der Waals surface area contributed by atoms with Gasteiger partial charge in [-0.2, -0.15) is 10.5 Å². The summed E-state index contributed by atoms with van der Waals surface area (Å²) in [4.78, 5) is 0. The average Bonchev–Trinajstić information content (AvgIpc) is 1.99. The van der Waals surface area contributed by atoms with Crippen molar-refractivity contribution in [3.8, 4) is 12.1 Å². The summed E-state index contributed by atoms with van der Waals surface area (Å²) in [6.45, 7) is 0. The molecule has 0 aliphatic rings. The lowest BCUT2D eigenvalue weighted by Crippen LogP contribution is -2.06. The van der Waals surface area contributed by atoms with Crippen molar-refractivity contribution in [1.82, 2.24) is 0 Å². The molecular formula is C6H6Cl2N2. The molecule has 0 amide bonds. The van der Waals surface area contributed by atoms with Gasteiger partial charge >= 0.3 is 0 Å². The highest BCUT2D eigenvalue weighted by atomic mass is 35.5. The first kappa shape index (κ1) is 9.56. The van der Waals surface area contributed by atoms with Gasteiger partial charge in [0.2, 0.25) is 0 Å². The van der Waals surface area contributed by atoms with Crippen LogP contribution in [-0.2, 0) is 0 Å². The van der Waals surface area contributed by atoms with Gasteiger partial charge in [0.25, 0.3) is 0 Å². The molecule has 0 aliphatic heterocycles. The number of rotatable bonds is 3.